The molecule has 0 atom stereocenters. The molecule has 0 aliphatic carbocycles. The molecular formula is C15H23NO2. The quantitative estimate of drug-likeness (QED) is 0.754. The molecule has 0 radical (unpaired) electrons. The van der Waals surface area contributed by atoms with Gasteiger partial charge in [-0.1, -0.05) is 29.8 Å². The second-order valence-corrected chi connectivity index (χ2v) is 4.79. The van der Waals surface area contributed by atoms with Crippen molar-refractivity contribution >= 4 is 5.91 Å². The molecule has 0 bridgehead atoms. The van der Waals surface area contributed by atoms with Crippen molar-refractivity contribution in [2.24, 2.45) is 0 Å². The molecule has 0 unspecified atom stereocenters. The summed E-state index contributed by atoms with van der Waals surface area (Å²) in [7, 11) is 0. The molecular weight excluding hydrogens is 226 g/mol. The lowest BCUT2D eigenvalue weighted by atomic mass is 10.1. The highest BCUT2D eigenvalue weighted by Gasteiger charge is 2.02. The van der Waals surface area contributed by atoms with Gasteiger partial charge in [-0.3, -0.25) is 4.79 Å². The summed E-state index contributed by atoms with van der Waals surface area (Å²) in [6.45, 7) is 7.43. The van der Waals surface area contributed by atoms with Crippen molar-refractivity contribution in [1.29, 1.82) is 0 Å². The third kappa shape index (κ3) is 6.40. The first kappa shape index (κ1) is 14.7. The standard InChI is InChI=1S/C15H23NO2/c1-12(2)18-9-5-8-16-15(17)11-14-7-4-6-13(3)10-14/h4,6-7,10,12H,5,8-9,11H2,1-3H3,(H,16,17). The van der Waals surface area contributed by atoms with Gasteiger partial charge in [0.05, 0.1) is 12.5 Å². The Bertz CT molecular complexity index is 375. The van der Waals surface area contributed by atoms with Crippen LogP contribution in [0.4, 0.5) is 0 Å². The van der Waals surface area contributed by atoms with Crippen molar-refractivity contribution in [2.45, 2.75) is 39.7 Å². The van der Waals surface area contributed by atoms with Crippen LogP contribution in [0.5, 0.6) is 0 Å². The van der Waals surface area contributed by atoms with Crippen LogP contribution in [-0.2, 0) is 16.0 Å². The van der Waals surface area contributed by atoms with Crippen molar-refractivity contribution < 1.29 is 9.53 Å². The monoisotopic (exact) mass is 249 g/mol. The molecule has 0 spiro atoms. The second-order valence-electron chi connectivity index (χ2n) is 4.79. The van der Waals surface area contributed by atoms with Crippen LogP contribution in [-0.4, -0.2) is 25.2 Å². The van der Waals surface area contributed by atoms with Crippen molar-refractivity contribution in [1.82, 2.24) is 5.32 Å². The largest absolute Gasteiger partial charge is 0.379 e. The van der Waals surface area contributed by atoms with Gasteiger partial charge in [-0.05, 0) is 32.8 Å². The summed E-state index contributed by atoms with van der Waals surface area (Å²) >= 11 is 0. The fraction of sp³-hybridized carbons (Fsp3) is 0.533. The summed E-state index contributed by atoms with van der Waals surface area (Å²) in [6, 6.07) is 8.04. The van der Waals surface area contributed by atoms with E-state index < -0.39 is 0 Å². The lowest BCUT2D eigenvalue weighted by Gasteiger charge is -2.08. The van der Waals surface area contributed by atoms with Crippen molar-refractivity contribution in [2.75, 3.05) is 13.2 Å². The van der Waals surface area contributed by atoms with E-state index in [9.17, 15) is 4.79 Å². The molecule has 3 nitrogen and oxygen atoms in total. The van der Waals surface area contributed by atoms with Crippen LogP contribution in [0.3, 0.4) is 0 Å². The zero-order chi connectivity index (χ0) is 13.4. The first-order chi connectivity index (χ1) is 8.58. The number of benzene rings is 1. The minimum Gasteiger partial charge on any atom is -0.379 e. The highest BCUT2D eigenvalue weighted by atomic mass is 16.5. The van der Waals surface area contributed by atoms with Crippen LogP contribution >= 0.6 is 0 Å². The predicted octanol–water partition coefficient (Wildman–Crippen LogP) is 2.47. The zero-order valence-electron chi connectivity index (χ0n) is 11.5. The van der Waals surface area contributed by atoms with E-state index in [0.717, 1.165) is 12.0 Å². The average Bonchev–Trinajstić information content (AvgIpc) is 2.28. The minimum atomic E-state index is 0.0742. The Labute approximate surface area is 110 Å². The van der Waals surface area contributed by atoms with Crippen molar-refractivity contribution in [3.63, 3.8) is 0 Å². The van der Waals surface area contributed by atoms with Gasteiger partial charge < -0.3 is 10.1 Å². The first-order valence-corrected chi connectivity index (χ1v) is 6.52. The Hall–Kier alpha value is -1.35. The molecule has 1 rings (SSSR count). The molecule has 100 valence electrons. The SMILES string of the molecule is Cc1cccc(CC(=O)NCCCOC(C)C)c1. The molecule has 18 heavy (non-hydrogen) atoms. The maximum Gasteiger partial charge on any atom is 0.224 e. The van der Waals surface area contributed by atoms with Crippen LogP contribution in [0.25, 0.3) is 0 Å². The van der Waals surface area contributed by atoms with Gasteiger partial charge in [0.25, 0.3) is 0 Å². The molecule has 0 saturated heterocycles. The van der Waals surface area contributed by atoms with E-state index in [0.29, 0.717) is 19.6 Å². The van der Waals surface area contributed by atoms with Gasteiger partial charge in [0, 0.05) is 13.2 Å². The van der Waals surface area contributed by atoms with Crippen LogP contribution in [0, 0.1) is 6.92 Å². The van der Waals surface area contributed by atoms with E-state index in [4.69, 9.17) is 4.74 Å². The molecule has 3 heteroatoms. The summed E-state index contributed by atoms with van der Waals surface area (Å²) in [5, 5.41) is 2.91. The van der Waals surface area contributed by atoms with Gasteiger partial charge in [-0.15, -0.1) is 0 Å². The van der Waals surface area contributed by atoms with Crippen molar-refractivity contribution in [3.05, 3.63) is 35.4 Å². The highest BCUT2D eigenvalue weighted by Crippen LogP contribution is 2.04. The molecule has 0 aromatic heterocycles. The molecule has 0 aliphatic rings. The summed E-state index contributed by atoms with van der Waals surface area (Å²) in [5.41, 5.74) is 2.25. The number of hydrogen-bond acceptors (Lipinski definition) is 2. The van der Waals surface area contributed by atoms with Crippen molar-refractivity contribution in [3.8, 4) is 0 Å². The van der Waals surface area contributed by atoms with Gasteiger partial charge in [0.2, 0.25) is 5.91 Å². The van der Waals surface area contributed by atoms with Gasteiger partial charge in [0.1, 0.15) is 0 Å². The maximum atomic E-state index is 11.7. The van der Waals surface area contributed by atoms with E-state index in [1.54, 1.807) is 0 Å². The molecule has 0 saturated carbocycles. The lowest BCUT2D eigenvalue weighted by Crippen LogP contribution is -2.27. The number of ether oxygens (including phenoxy) is 1. The van der Waals surface area contributed by atoms with E-state index in [2.05, 4.69) is 5.32 Å². The Balaban J connectivity index is 2.18. The first-order valence-electron chi connectivity index (χ1n) is 6.52. The Morgan fingerprint density at radius 2 is 2.17 bits per heavy atom. The summed E-state index contributed by atoms with van der Waals surface area (Å²) in [5.74, 6) is 0.0742. The highest BCUT2D eigenvalue weighted by molar-refractivity contribution is 5.78. The predicted molar refractivity (Wildman–Crippen MR) is 73.6 cm³/mol. The van der Waals surface area contributed by atoms with E-state index in [-0.39, 0.29) is 12.0 Å². The van der Waals surface area contributed by atoms with Crippen LogP contribution < -0.4 is 5.32 Å². The Kier molecular flexibility index (Phi) is 6.44. The Morgan fingerprint density at radius 1 is 1.39 bits per heavy atom. The maximum absolute atomic E-state index is 11.7. The summed E-state index contributed by atoms with van der Waals surface area (Å²) in [6.07, 6.45) is 1.57. The number of aryl methyl sites for hydroxylation is 1. The fourth-order valence-corrected chi connectivity index (χ4v) is 1.69. The molecule has 1 aromatic rings. The van der Waals surface area contributed by atoms with Gasteiger partial charge in [-0.25, -0.2) is 0 Å². The average molecular weight is 249 g/mol. The van der Waals surface area contributed by atoms with Crippen LogP contribution in [0.1, 0.15) is 31.4 Å². The summed E-state index contributed by atoms with van der Waals surface area (Å²) in [4.78, 5) is 11.7. The number of amides is 1. The smallest absolute Gasteiger partial charge is 0.224 e. The van der Waals surface area contributed by atoms with Gasteiger partial charge >= 0.3 is 0 Å². The van der Waals surface area contributed by atoms with E-state index >= 15 is 0 Å². The summed E-state index contributed by atoms with van der Waals surface area (Å²) < 4.78 is 5.41. The Morgan fingerprint density at radius 3 is 2.83 bits per heavy atom. The second kappa shape index (κ2) is 7.88. The topological polar surface area (TPSA) is 38.3 Å². The fourth-order valence-electron chi connectivity index (χ4n) is 1.69. The molecule has 1 amide bonds. The third-order valence-corrected chi connectivity index (χ3v) is 2.54. The number of nitrogens with one attached hydrogen (secondary N) is 1. The van der Waals surface area contributed by atoms with Gasteiger partial charge in [0.15, 0.2) is 0 Å². The molecule has 1 N–H and O–H groups in total. The molecule has 0 heterocycles. The van der Waals surface area contributed by atoms with E-state index in [1.807, 2.05) is 45.0 Å². The molecule has 0 fully saturated rings. The van der Waals surface area contributed by atoms with E-state index in [1.165, 1.54) is 5.56 Å². The minimum absolute atomic E-state index is 0.0742. The number of carbonyl (C=O) groups excluding carboxylic acids is 1. The third-order valence-electron chi connectivity index (χ3n) is 2.54. The molecule has 0 aliphatic heterocycles. The lowest BCUT2D eigenvalue weighted by molar-refractivity contribution is -0.120. The zero-order valence-corrected chi connectivity index (χ0v) is 11.5. The van der Waals surface area contributed by atoms with Crippen LogP contribution in [0.2, 0.25) is 0 Å². The molecule has 1 aromatic carbocycles. The normalized spacial score (nSPS) is 10.7. The number of hydrogen-bond donors (Lipinski definition) is 1. The van der Waals surface area contributed by atoms with Crippen LogP contribution in [0.15, 0.2) is 24.3 Å². The number of rotatable bonds is 7. The van der Waals surface area contributed by atoms with Gasteiger partial charge in [-0.2, -0.15) is 0 Å². The number of carbonyl (C=O) groups is 1.